The number of nitrogens with one attached hydrogen (secondary N) is 1. The van der Waals surface area contributed by atoms with Gasteiger partial charge in [0.15, 0.2) is 6.61 Å². The molecular weight excluding hydrogens is 290 g/mol. The lowest BCUT2D eigenvalue weighted by Gasteiger charge is -2.10. The van der Waals surface area contributed by atoms with Crippen molar-refractivity contribution >= 4 is 12.1 Å². The second kappa shape index (κ2) is 8.68. The molecule has 2 aromatic rings. The molecule has 120 valence electrons. The molecule has 0 aliphatic heterocycles. The molecule has 1 heterocycles. The van der Waals surface area contributed by atoms with Crippen molar-refractivity contribution in [2.45, 2.75) is 26.2 Å². The zero-order valence-corrected chi connectivity index (χ0v) is 13.4. The molecule has 1 aromatic carbocycles. The third-order valence-corrected chi connectivity index (χ3v) is 3.51. The van der Waals surface area contributed by atoms with E-state index < -0.39 is 0 Å². The van der Waals surface area contributed by atoms with Crippen LogP contribution in [-0.2, 0) is 4.79 Å². The Morgan fingerprint density at radius 1 is 1.30 bits per heavy atom. The summed E-state index contributed by atoms with van der Waals surface area (Å²) in [5.41, 5.74) is 4.35. The van der Waals surface area contributed by atoms with Crippen LogP contribution in [0.1, 0.15) is 37.4 Å². The van der Waals surface area contributed by atoms with E-state index in [1.54, 1.807) is 12.3 Å². The van der Waals surface area contributed by atoms with E-state index in [0.29, 0.717) is 17.4 Å². The first kappa shape index (κ1) is 16.7. The maximum Gasteiger partial charge on any atom is 0.277 e. The van der Waals surface area contributed by atoms with Gasteiger partial charge in [0.2, 0.25) is 0 Å². The van der Waals surface area contributed by atoms with Crippen LogP contribution in [-0.4, -0.2) is 23.7 Å². The highest BCUT2D eigenvalue weighted by atomic mass is 16.5. The van der Waals surface area contributed by atoms with Gasteiger partial charge in [-0.2, -0.15) is 5.10 Å². The summed E-state index contributed by atoms with van der Waals surface area (Å²) in [6.07, 6.45) is 4.24. The van der Waals surface area contributed by atoms with Gasteiger partial charge in [-0.25, -0.2) is 5.43 Å². The summed E-state index contributed by atoms with van der Waals surface area (Å²) in [6, 6.07) is 13.3. The smallest absolute Gasteiger partial charge is 0.277 e. The third kappa shape index (κ3) is 5.54. The number of pyridine rings is 1. The van der Waals surface area contributed by atoms with E-state index in [4.69, 9.17) is 4.74 Å². The van der Waals surface area contributed by atoms with Gasteiger partial charge in [-0.05, 0) is 42.2 Å². The van der Waals surface area contributed by atoms with Crippen molar-refractivity contribution in [2.24, 2.45) is 5.10 Å². The first-order valence-corrected chi connectivity index (χ1v) is 7.64. The van der Waals surface area contributed by atoms with E-state index >= 15 is 0 Å². The SMILES string of the molecule is CCC(C)c1ccc(OCC(=O)N/N=C/c2ccccn2)cc1. The molecule has 1 atom stereocenters. The minimum atomic E-state index is -0.316. The van der Waals surface area contributed by atoms with Crippen molar-refractivity contribution in [1.29, 1.82) is 0 Å². The molecule has 0 saturated carbocycles. The summed E-state index contributed by atoms with van der Waals surface area (Å²) in [4.78, 5) is 15.7. The van der Waals surface area contributed by atoms with E-state index in [0.717, 1.165) is 6.42 Å². The summed E-state index contributed by atoms with van der Waals surface area (Å²) in [7, 11) is 0. The molecular formula is C18H21N3O2. The molecule has 1 N–H and O–H groups in total. The minimum Gasteiger partial charge on any atom is -0.484 e. The molecule has 23 heavy (non-hydrogen) atoms. The number of nitrogens with zero attached hydrogens (tertiary/aromatic N) is 2. The van der Waals surface area contributed by atoms with Crippen molar-refractivity contribution in [3.05, 3.63) is 59.9 Å². The van der Waals surface area contributed by atoms with Gasteiger partial charge in [-0.1, -0.05) is 32.0 Å². The molecule has 5 heteroatoms. The van der Waals surface area contributed by atoms with Crippen LogP contribution in [0.25, 0.3) is 0 Å². The lowest BCUT2D eigenvalue weighted by Crippen LogP contribution is -2.24. The normalized spacial score (nSPS) is 12.1. The Hall–Kier alpha value is -2.69. The number of ether oxygens (including phenoxy) is 1. The predicted molar refractivity (Wildman–Crippen MR) is 90.6 cm³/mol. The summed E-state index contributed by atoms with van der Waals surface area (Å²) in [5, 5.41) is 3.84. The molecule has 2 rings (SSSR count). The average Bonchev–Trinajstić information content (AvgIpc) is 2.60. The largest absolute Gasteiger partial charge is 0.484 e. The van der Waals surface area contributed by atoms with Crippen molar-refractivity contribution in [3.63, 3.8) is 0 Å². The van der Waals surface area contributed by atoms with Gasteiger partial charge >= 0.3 is 0 Å². The van der Waals surface area contributed by atoms with Gasteiger partial charge in [0.05, 0.1) is 11.9 Å². The number of hydrogen-bond acceptors (Lipinski definition) is 4. The Kier molecular flexibility index (Phi) is 6.29. The Morgan fingerprint density at radius 3 is 2.74 bits per heavy atom. The van der Waals surface area contributed by atoms with Crippen LogP contribution < -0.4 is 10.2 Å². The monoisotopic (exact) mass is 311 g/mol. The second-order valence-corrected chi connectivity index (χ2v) is 5.21. The van der Waals surface area contributed by atoms with Gasteiger partial charge in [-0.3, -0.25) is 9.78 Å². The highest BCUT2D eigenvalue weighted by Crippen LogP contribution is 2.21. The fourth-order valence-corrected chi connectivity index (χ4v) is 1.93. The topological polar surface area (TPSA) is 63.6 Å². The van der Waals surface area contributed by atoms with E-state index in [1.165, 1.54) is 11.8 Å². The zero-order chi connectivity index (χ0) is 16.5. The summed E-state index contributed by atoms with van der Waals surface area (Å²) < 4.78 is 5.44. The number of hydrogen-bond donors (Lipinski definition) is 1. The van der Waals surface area contributed by atoms with Crippen LogP contribution in [0.5, 0.6) is 5.75 Å². The van der Waals surface area contributed by atoms with Gasteiger partial charge in [0, 0.05) is 6.20 Å². The van der Waals surface area contributed by atoms with Gasteiger partial charge in [-0.15, -0.1) is 0 Å². The quantitative estimate of drug-likeness (QED) is 0.631. The van der Waals surface area contributed by atoms with Gasteiger partial charge in [0.1, 0.15) is 5.75 Å². The van der Waals surface area contributed by atoms with Crippen LogP contribution in [0.2, 0.25) is 0 Å². The number of amides is 1. The standard InChI is InChI=1S/C18H21N3O2/c1-3-14(2)15-7-9-17(10-8-15)23-13-18(22)21-20-12-16-6-4-5-11-19-16/h4-12,14H,3,13H2,1-2H3,(H,21,22)/b20-12+. The Bertz CT molecular complexity index is 639. The second-order valence-electron chi connectivity index (χ2n) is 5.21. The number of aromatic nitrogens is 1. The molecule has 0 radical (unpaired) electrons. The predicted octanol–water partition coefficient (Wildman–Crippen LogP) is 3.12. The number of carbonyl (C=O) groups excluding carboxylic acids is 1. The first-order valence-electron chi connectivity index (χ1n) is 7.64. The lowest BCUT2D eigenvalue weighted by molar-refractivity contribution is -0.123. The van der Waals surface area contributed by atoms with E-state index in [2.05, 4.69) is 29.4 Å². The van der Waals surface area contributed by atoms with Crippen LogP contribution in [0, 0.1) is 0 Å². The molecule has 0 aliphatic rings. The maximum atomic E-state index is 11.7. The fourth-order valence-electron chi connectivity index (χ4n) is 1.93. The van der Waals surface area contributed by atoms with Gasteiger partial charge in [0.25, 0.3) is 5.91 Å². The number of carbonyl (C=O) groups is 1. The van der Waals surface area contributed by atoms with Crippen molar-refractivity contribution in [3.8, 4) is 5.75 Å². The third-order valence-electron chi connectivity index (χ3n) is 3.51. The molecule has 1 amide bonds. The van der Waals surface area contributed by atoms with Crippen LogP contribution in [0.3, 0.4) is 0 Å². The van der Waals surface area contributed by atoms with E-state index in [-0.39, 0.29) is 12.5 Å². The number of hydrazone groups is 1. The van der Waals surface area contributed by atoms with Crippen molar-refractivity contribution < 1.29 is 9.53 Å². The highest BCUT2D eigenvalue weighted by molar-refractivity contribution is 5.81. The van der Waals surface area contributed by atoms with E-state index in [9.17, 15) is 4.79 Å². The molecule has 5 nitrogen and oxygen atoms in total. The molecule has 0 saturated heterocycles. The zero-order valence-electron chi connectivity index (χ0n) is 13.4. The van der Waals surface area contributed by atoms with Crippen LogP contribution >= 0.6 is 0 Å². The molecule has 0 bridgehead atoms. The van der Waals surface area contributed by atoms with Crippen molar-refractivity contribution in [2.75, 3.05) is 6.61 Å². The summed E-state index contributed by atoms with van der Waals surface area (Å²) >= 11 is 0. The molecule has 0 fully saturated rings. The maximum absolute atomic E-state index is 11.7. The molecule has 1 aromatic heterocycles. The lowest BCUT2D eigenvalue weighted by atomic mass is 9.99. The first-order chi connectivity index (χ1) is 11.2. The Balaban J connectivity index is 1.77. The highest BCUT2D eigenvalue weighted by Gasteiger charge is 2.04. The number of rotatable bonds is 7. The Labute approximate surface area is 136 Å². The molecule has 0 aliphatic carbocycles. The number of benzene rings is 1. The fraction of sp³-hybridized carbons (Fsp3) is 0.278. The Morgan fingerprint density at radius 2 is 2.09 bits per heavy atom. The average molecular weight is 311 g/mol. The molecule has 1 unspecified atom stereocenters. The summed E-state index contributed by atoms with van der Waals surface area (Å²) in [6.45, 7) is 4.26. The summed E-state index contributed by atoms with van der Waals surface area (Å²) in [5.74, 6) is 0.873. The molecule has 0 spiro atoms. The van der Waals surface area contributed by atoms with Gasteiger partial charge < -0.3 is 4.74 Å². The van der Waals surface area contributed by atoms with Crippen LogP contribution in [0.4, 0.5) is 0 Å². The van der Waals surface area contributed by atoms with E-state index in [1.807, 2.05) is 36.4 Å². The minimum absolute atomic E-state index is 0.0811. The van der Waals surface area contributed by atoms with Crippen molar-refractivity contribution in [1.82, 2.24) is 10.4 Å². The van der Waals surface area contributed by atoms with Crippen LogP contribution in [0.15, 0.2) is 53.8 Å².